The van der Waals surface area contributed by atoms with Gasteiger partial charge in [-0.1, -0.05) is 18.2 Å². The summed E-state index contributed by atoms with van der Waals surface area (Å²) in [7, 11) is 1.62. The lowest BCUT2D eigenvalue weighted by Crippen LogP contribution is -2.12. The van der Waals surface area contributed by atoms with Crippen molar-refractivity contribution < 1.29 is 19.0 Å². The molecule has 1 unspecified atom stereocenters. The zero-order chi connectivity index (χ0) is 14.4. The topological polar surface area (TPSA) is 44.8 Å². The van der Waals surface area contributed by atoms with Crippen molar-refractivity contribution in [2.24, 2.45) is 0 Å². The first-order chi connectivity index (χ1) is 9.76. The molecule has 0 radical (unpaired) electrons. The molecule has 1 fully saturated rings. The number of methoxy groups -OCH3 is 1. The molecular formula is C16H20O4. The van der Waals surface area contributed by atoms with Crippen LogP contribution in [0.5, 0.6) is 5.75 Å². The number of para-hydroxylation sites is 1. The Balaban J connectivity index is 2.37. The van der Waals surface area contributed by atoms with E-state index >= 15 is 0 Å². The van der Waals surface area contributed by atoms with E-state index < -0.39 is 0 Å². The van der Waals surface area contributed by atoms with E-state index in [1.165, 1.54) is 6.08 Å². The fourth-order valence-electron chi connectivity index (χ4n) is 2.36. The highest BCUT2D eigenvalue weighted by atomic mass is 16.5. The second-order valence-electron chi connectivity index (χ2n) is 4.55. The second kappa shape index (κ2) is 7.10. The van der Waals surface area contributed by atoms with Crippen LogP contribution in [0.15, 0.2) is 30.3 Å². The number of esters is 1. The van der Waals surface area contributed by atoms with E-state index in [4.69, 9.17) is 14.2 Å². The van der Waals surface area contributed by atoms with Crippen LogP contribution in [0.4, 0.5) is 0 Å². The molecule has 1 saturated heterocycles. The quantitative estimate of drug-likeness (QED) is 0.613. The average molecular weight is 276 g/mol. The van der Waals surface area contributed by atoms with Crippen LogP contribution in [0, 0.1) is 0 Å². The molecular weight excluding hydrogens is 256 g/mol. The molecule has 1 aliphatic rings. The molecule has 0 aliphatic carbocycles. The van der Waals surface area contributed by atoms with Gasteiger partial charge in [0, 0.05) is 18.2 Å². The first kappa shape index (κ1) is 14.6. The molecule has 1 aromatic carbocycles. The van der Waals surface area contributed by atoms with Gasteiger partial charge in [-0.2, -0.15) is 0 Å². The molecule has 1 heterocycles. The van der Waals surface area contributed by atoms with E-state index in [0.29, 0.717) is 6.61 Å². The van der Waals surface area contributed by atoms with Crippen molar-refractivity contribution >= 4 is 11.5 Å². The minimum absolute atomic E-state index is 0.0734. The van der Waals surface area contributed by atoms with Crippen LogP contribution in [0.3, 0.4) is 0 Å². The van der Waals surface area contributed by atoms with Gasteiger partial charge in [0.05, 0.1) is 19.8 Å². The number of carbonyl (C=O) groups is 1. The Labute approximate surface area is 119 Å². The summed E-state index contributed by atoms with van der Waals surface area (Å²) >= 11 is 0. The summed E-state index contributed by atoms with van der Waals surface area (Å²) in [5.74, 6) is 0.391. The largest absolute Gasteiger partial charge is 0.496 e. The molecule has 4 nitrogen and oxygen atoms in total. The Morgan fingerprint density at radius 1 is 1.45 bits per heavy atom. The molecule has 0 saturated carbocycles. The fraction of sp³-hybridized carbons (Fsp3) is 0.438. The Kier molecular flexibility index (Phi) is 5.18. The molecule has 0 N–H and O–H groups in total. The van der Waals surface area contributed by atoms with Gasteiger partial charge >= 0.3 is 5.97 Å². The first-order valence-electron chi connectivity index (χ1n) is 6.89. The Morgan fingerprint density at radius 2 is 2.25 bits per heavy atom. The van der Waals surface area contributed by atoms with E-state index in [-0.39, 0.29) is 12.1 Å². The maximum atomic E-state index is 11.8. The molecule has 1 aliphatic heterocycles. The van der Waals surface area contributed by atoms with Gasteiger partial charge in [-0.05, 0) is 31.4 Å². The second-order valence-corrected chi connectivity index (χ2v) is 4.55. The molecule has 2 rings (SSSR count). The third-order valence-electron chi connectivity index (χ3n) is 3.25. The molecule has 20 heavy (non-hydrogen) atoms. The number of carbonyl (C=O) groups excluding carboxylic acids is 1. The van der Waals surface area contributed by atoms with Gasteiger partial charge < -0.3 is 14.2 Å². The summed E-state index contributed by atoms with van der Waals surface area (Å²) in [4.78, 5) is 11.8. The maximum absolute atomic E-state index is 11.8. The van der Waals surface area contributed by atoms with Gasteiger partial charge in [0.25, 0.3) is 0 Å². The average Bonchev–Trinajstić information content (AvgIpc) is 2.99. The molecule has 0 amide bonds. The van der Waals surface area contributed by atoms with Crippen LogP contribution < -0.4 is 4.74 Å². The van der Waals surface area contributed by atoms with E-state index in [0.717, 1.165) is 36.3 Å². The summed E-state index contributed by atoms with van der Waals surface area (Å²) in [5.41, 5.74) is 1.72. The minimum Gasteiger partial charge on any atom is -0.496 e. The third-order valence-corrected chi connectivity index (χ3v) is 3.25. The van der Waals surface area contributed by atoms with Crippen molar-refractivity contribution in [1.29, 1.82) is 0 Å². The van der Waals surface area contributed by atoms with Crippen molar-refractivity contribution in [3.63, 3.8) is 0 Å². The summed E-state index contributed by atoms with van der Waals surface area (Å²) in [6.07, 6.45) is 3.36. The van der Waals surface area contributed by atoms with Crippen LogP contribution in [0.2, 0.25) is 0 Å². The van der Waals surface area contributed by atoms with Crippen LogP contribution in [-0.2, 0) is 14.3 Å². The van der Waals surface area contributed by atoms with Gasteiger partial charge in [0.1, 0.15) is 5.75 Å². The van der Waals surface area contributed by atoms with Crippen LogP contribution in [0.1, 0.15) is 25.3 Å². The zero-order valence-corrected chi connectivity index (χ0v) is 11.9. The number of ether oxygens (including phenoxy) is 3. The molecule has 4 heteroatoms. The lowest BCUT2D eigenvalue weighted by atomic mass is 9.97. The van der Waals surface area contributed by atoms with Crippen LogP contribution >= 0.6 is 0 Å². The van der Waals surface area contributed by atoms with Gasteiger partial charge in [-0.3, -0.25) is 0 Å². The molecule has 0 aromatic heterocycles. The first-order valence-corrected chi connectivity index (χ1v) is 6.89. The van der Waals surface area contributed by atoms with E-state index in [1.807, 2.05) is 24.3 Å². The number of hydrogen-bond donors (Lipinski definition) is 0. The molecule has 0 bridgehead atoms. The Bertz CT molecular complexity index is 487. The van der Waals surface area contributed by atoms with Gasteiger partial charge in [0.15, 0.2) is 0 Å². The minimum atomic E-state index is -0.344. The Morgan fingerprint density at radius 3 is 2.90 bits per heavy atom. The summed E-state index contributed by atoms with van der Waals surface area (Å²) in [5, 5.41) is 0. The smallest absolute Gasteiger partial charge is 0.331 e. The van der Waals surface area contributed by atoms with E-state index in [9.17, 15) is 4.79 Å². The highest BCUT2D eigenvalue weighted by Crippen LogP contribution is 2.33. The maximum Gasteiger partial charge on any atom is 0.331 e. The number of benzene rings is 1. The van der Waals surface area contributed by atoms with Crippen LogP contribution in [-0.4, -0.2) is 32.4 Å². The molecule has 0 spiro atoms. The lowest BCUT2D eigenvalue weighted by molar-refractivity contribution is -0.137. The predicted octanol–water partition coefficient (Wildman–Crippen LogP) is 2.82. The van der Waals surface area contributed by atoms with Gasteiger partial charge in [-0.15, -0.1) is 0 Å². The number of hydrogen-bond acceptors (Lipinski definition) is 4. The van der Waals surface area contributed by atoms with Gasteiger partial charge in [-0.25, -0.2) is 4.79 Å². The van der Waals surface area contributed by atoms with Crippen molar-refractivity contribution in [1.82, 2.24) is 0 Å². The fourth-order valence-corrected chi connectivity index (χ4v) is 2.36. The molecule has 108 valence electrons. The molecule has 1 aromatic rings. The van der Waals surface area contributed by atoms with Crippen molar-refractivity contribution in [3.05, 3.63) is 35.9 Å². The predicted molar refractivity (Wildman–Crippen MR) is 76.6 cm³/mol. The highest BCUT2D eigenvalue weighted by molar-refractivity contribution is 5.93. The van der Waals surface area contributed by atoms with Crippen molar-refractivity contribution in [2.75, 3.05) is 20.3 Å². The summed E-state index contributed by atoms with van der Waals surface area (Å²) in [6, 6.07) is 7.64. The number of rotatable bonds is 5. The third kappa shape index (κ3) is 3.39. The SMILES string of the molecule is CCOC(=O)/C=C(/c1ccccc1OC)C1CCCO1. The van der Waals surface area contributed by atoms with Crippen molar-refractivity contribution in [2.45, 2.75) is 25.9 Å². The Hall–Kier alpha value is -1.81. The normalized spacial score (nSPS) is 18.9. The van der Waals surface area contributed by atoms with Crippen molar-refractivity contribution in [3.8, 4) is 5.75 Å². The summed E-state index contributed by atoms with van der Waals surface area (Å²) < 4.78 is 16.1. The van der Waals surface area contributed by atoms with E-state index in [2.05, 4.69) is 0 Å². The molecule has 1 atom stereocenters. The van der Waals surface area contributed by atoms with Gasteiger partial charge in [0.2, 0.25) is 0 Å². The monoisotopic (exact) mass is 276 g/mol. The lowest BCUT2D eigenvalue weighted by Gasteiger charge is -2.17. The highest BCUT2D eigenvalue weighted by Gasteiger charge is 2.24. The zero-order valence-electron chi connectivity index (χ0n) is 11.9. The van der Waals surface area contributed by atoms with Crippen LogP contribution in [0.25, 0.3) is 5.57 Å². The summed E-state index contributed by atoms with van der Waals surface area (Å²) in [6.45, 7) is 2.88. The standard InChI is InChI=1S/C16H20O4/c1-3-19-16(17)11-13(15-9-6-10-20-15)12-7-4-5-8-14(12)18-2/h4-5,7-8,11,15H,3,6,9-10H2,1-2H3/b13-11-. The van der Waals surface area contributed by atoms with E-state index in [1.54, 1.807) is 14.0 Å².